The third-order valence-electron chi connectivity index (χ3n) is 3.98. The lowest BCUT2D eigenvalue weighted by molar-refractivity contribution is 0.0350. The van der Waals surface area contributed by atoms with Crippen LogP contribution in [0.25, 0.3) is 0 Å². The van der Waals surface area contributed by atoms with Crippen molar-refractivity contribution < 1.29 is 4.74 Å². The summed E-state index contributed by atoms with van der Waals surface area (Å²) in [7, 11) is 0. The molecule has 2 heterocycles. The average Bonchev–Trinajstić information content (AvgIpc) is 3.03. The molecule has 94 valence electrons. The van der Waals surface area contributed by atoms with E-state index in [0.29, 0.717) is 18.0 Å². The van der Waals surface area contributed by atoms with Crippen LogP contribution in [0.5, 0.6) is 0 Å². The van der Waals surface area contributed by atoms with Crippen LogP contribution in [0.1, 0.15) is 37.1 Å². The molecule has 1 saturated heterocycles. The molecule has 1 aliphatic carbocycles. The molecule has 1 saturated carbocycles. The van der Waals surface area contributed by atoms with Gasteiger partial charge in [0.25, 0.3) is 0 Å². The van der Waals surface area contributed by atoms with E-state index in [1.807, 2.05) is 11.3 Å². The molecule has 17 heavy (non-hydrogen) atoms. The molecule has 0 aromatic carbocycles. The first kappa shape index (κ1) is 11.7. The van der Waals surface area contributed by atoms with Crippen LogP contribution in [0.3, 0.4) is 0 Å². The molecule has 2 nitrogen and oxygen atoms in total. The molecule has 2 fully saturated rings. The zero-order valence-corrected chi connectivity index (χ0v) is 11.2. The summed E-state index contributed by atoms with van der Waals surface area (Å²) in [5.74, 6) is 1.52. The van der Waals surface area contributed by atoms with Gasteiger partial charge in [-0.15, -0.1) is 11.3 Å². The maximum atomic E-state index is 5.52. The second-order valence-electron chi connectivity index (χ2n) is 5.44. The number of thiophene rings is 1. The lowest BCUT2D eigenvalue weighted by Gasteiger charge is -2.33. The standard InChI is InChI=1S/C14H21NOS/c1-10-9-16-7-6-12(10)15-14(11-4-5-11)13-3-2-8-17-13/h2-3,8,10-12,14-15H,4-7,9H2,1H3. The molecule has 0 spiro atoms. The van der Waals surface area contributed by atoms with Gasteiger partial charge in [0.1, 0.15) is 0 Å². The van der Waals surface area contributed by atoms with Gasteiger partial charge in [-0.1, -0.05) is 13.0 Å². The Kier molecular flexibility index (Phi) is 3.50. The van der Waals surface area contributed by atoms with Gasteiger partial charge in [-0.3, -0.25) is 0 Å². The maximum Gasteiger partial charge on any atom is 0.0506 e. The summed E-state index contributed by atoms with van der Waals surface area (Å²) in [6, 6.07) is 5.69. The van der Waals surface area contributed by atoms with Crippen LogP contribution in [0.4, 0.5) is 0 Å². The first-order chi connectivity index (χ1) is 8.34. The van der Waals surface area contributed by atoms with E-state index in [0.717, 1.165) is 25.6 Å². The van der Waals surface area contributed by atoms with Gasteiger partial charge >= 0.3 is 0 Å². The summed E-state index contributed by atoms with van der Waals surface area (Å²) in [6.07, 6.45) is 3.95. The van der Waals surface area contributed by atoms with E-state index in [-0.39, 0.29) is 0 Å². The molecule has 1 aromatic heterocycles. The lowest BCUT2D eigenvalue weighted by Crippen LogP contribution is -2.43. The minimum atomic E-state index is 0.598. The quantitative estimate of drug-likeness (QED) is 0.887. The van der Waals surface area contributed by atoms with E-state index in [1.54, 1.807) is 0 Å². The average molecular weight is 251 g/mol. The van der Waals surface area contributed by atoms with Gasteiger partial charge in [0, 0.05) is 23.6 Å². The van der Waals surface area contributed by atoms with Crippen molar-refractivity contribution in [2.24, 2.45) is 11.8 Å². The number of hydrogen-bond acceptors (Lipinski definition) is 3. The molecule has 1 N–H and O–H groups in total. The van der Waals surface area contributed by atoms with Crippen LogP contribution in [-0.4, -0.2) is 19.3 Å². The Morgan fingerprint density at radius 3 is 2.94 bits per heavy atom. The van der Waals surface area contributed by atoms with Gasteiger partial charge in [-0.25, -0.2) is 0 Å². The molecule has 3 heteroatoms. The molecule has 0 bridgehead atoms. The van der Waals surface area contributed by atoms with Crippen molar-refractivity contribution in [1.82, 2.24) is 5.32 Å². The smallest absolute Gasteiger partial charge is 0.0506 e. The summed E-state index contributed by atoms with van der Waals surface area (Å²) < 4.78 is 5.52. The van der Waals surface area contributed by atoms with Crippen molar-refractivity contribution in [2.45, 2.75) is 38.3 Å². The Morgan fingerprint density at radius 2 is 2.29 bits per heavy atom. The molecular weight excluding hydrogens is 230 g/mol. The van der Waals surface area contributed by atoms with E-state index in [9.17, 15) is 0 Å². The topological polar surface area (TPSA) is 21.3 Å². The van der Waals surface area contributed by atoms with Crippen molar-refractivity contribution >= 4 is 11.3 Å². The first-order valence-electron chi connectivity index (χ1n) is 6.72. The van der Waals surface area contributed by atoms with Crippen molar-refractivity contribution in [3.05, 3.63) is 22.4 Å². The maximum absolute atomic E-state index is 5.52. The van der Waals surface area contributed by atoms with Crippen LogP contribution < -0.4 is 5.32 Å². The van der Waals surface area contributed by atoms with Gasteiger partial charge in [-0.05, 0) is 42.5 Å². The molecule has 3 unspecified atom stereocenters. The zero-order valence-electron chi connectivity index (χ0n) is 10.4. The van der Waals surface area contributed by atoms with Gasteiger partial charge < -0.3 is 10.1 Å². The van der Waals surface area contributed by atoms with Gasteiger partial charge in [0.05, 0.1) is 6.61 Å². The summed E-state index contributed by atoms with van der Waals surface area (Å²) in [5.41, 5.74) is 0. The minimum Gasteiger partial charge on any atom is -0.381 e. The predicted octanol–water partition coefficient (Wildman–Crippen LogP) is 3.21. The minimum absolute atomic E-state index is 0.598. The van der Waals surface area contributed by atoms with E-state index < -0.39 is 0 Å². The Balaban J connectivity index is 1.68. The van der Waals surface area contributed by atoms with Crippen LogP contribution in [0, 0.1) is 11.8 Å². The number of hydrogen-bond donors (Lipinski definition) is 1. The lowest BCUT2D eigenvalue weighted by atomic mass is 9.96. The van der Waals surface area contributed by atoms with Gasteiger partial charge in [0.2, 0.25) is 0 Å². The Labute approximate surface area is 107 Å². The second-order valence-corrected chi connectivity index (χ2v) is 6.42. The van der Waals surface area contributed by atoms with Crippen LogP contribution in [-0.2, 0) is 4.74 Å². The molecule has 3 atom stereocenters. The molecular formula is C14H21NOS. The fraction of sp³-hybridized carbons (Fsp3) is 0.714. The Hall–Kier alpha value is -0.380. The van der Waals surface area contributed by atoms with Crippen molar-refractivity contribution in [2.75, 3.05) is 13.2 Å². The highest BCUT2D eigenvalue weighted by atomic mass is 32.1. The monoisotopic (exact) mass is 251 g/mol. The Morgan fingerprint density at radius 1 is 1.41 bits per heavy atom. The number of rotatable bonds is 4. The molecule has 1 aromatic rings. The van der Waals surface area contributed by atoms with Gasteiger partial charge in [0.15, 0.2) is 0 Å². The van der Waals surface area contributed by atoms with E-state index in [1.165, 1.54) is 17.7 Å². The molecule has 3 rings (SSSR count). The molecule has 0 amide bonds. The first-order valence-corrected chi connectivity index (χ1v) is 7.60. The van der Waals surface area contributed by atoms with Crippen molar-refractivity contribution in [1.29, 1.82) is 0 Å². The number of nitrogens with one attached hydrogen (secondary N) is 1. The fourth-order valence-corrected chi connectivity index (χ4v) is 3.59. The summed E-state index contributed by atoms with van der Waals surface area (Å²) in [6.45, 7) is 4.14. The molecule has 1 aliphatic heterocycles. The number of ether oxygens (including phenoxy) is 1. The summed E-state index contributed by atoms with van der Waals surface area (Å²) in [4.78, 5) is 1.52. The van der Waals surface area contributed by atoms with E-state index in [2.05, 4.69) is 29.8 Å². The van der Waals surface area contributed by atoms with E-state index >= 15 is 0 Å². The van der Waals surface area contributed by atoms with E-state index in [4.69, 9.17) is 4.74 Å². The highest BCUT2D eigenvalue weighted by Crippen LogP contribution is 2.43. The summed E-state index contributed by atoms with van der Waals surface area (Å²) >= 11 is 1.90. The molecule has 2 aliphatic rings. The van der Waals surface area contributed by atoms with Crippen molar-refractivity contribution in [3.8, 4) is 0 Å². The SMILES string of the molecule is CC1COCCC1NC(c1cccs1)C1CC1. The van der Waals surface area contributed by atoms with Crippen LogP contribution in [0.15, 0.2) is 17.5 Å². The third kappa shape index (κ3) is 2.72. The highest BCUT2D eigenvalue weighted by molar-refractivity contribution is 7.10. The van der Waals surface area contributed by atoms with Crippen molar-refractivity contribution in [3.63, 3.8) is 0 Å². The predicted molar refractivity (Wildman–Crippen MR) is 71.3 cm³/mol. The van der Waals surface area contributed by atoms with Gasteiger partial charge in [-0.2, -0.15) is 0 Å². The fourth-order valence-electron chi connectivity index (χ4n) is 2.71. The third-order valence-corrected chi connectivity index (χ3v) is 4.93. The second kappa shape index (κ2) is 5.09. The van der Waals surface area contributed by atoms with Crippen LogP contribution >= 0.6 is 11.3 Å². The van der Waals surface area contributed by atoms with Crippen LogP contribution in [0.2, 0.25) is 0 Å². The molecule has 0 radical (unpaired) electrons. The summed E-state index contributed by atoms with van der Waals surface area (Å²) in [5, 5.41) is 6.09. The zero-order chi connectivity index (χ0) is 11.7. The normalized spacial score (nSPS) is 31.4. The largest absolute Gasteiger partial charge is 0.381 e. The Bertz CT molecular complexity index is 347. The highest BCUT2D eigenvalue weighted by Gasteiger charge is 2.35.